The number of rotatable bonds is 6. The predicted molar refractivity (Wildman–Crippen MR) is 59.2 cm³/mol. The Kier molecular flexibility index (Phi) is 5.29. The summed E-state index contributed by atoms with van der Waals surface area (Å²) in [5.41, 5.74) is 0. The first kappa shape index (κ1) is 13.6. The van der Waals surface area contributed by atoms with Crippen molar-refractivity contribution in [2.45, 2.75) is 20.8 Å². The van der Waals surface area contributed by atoms with E-state index in [1.54, 1.807) is 0 Å². The minimum atomic E-state index is -3.14. The lowest BCUT2D eigenvalue weighted by Gasteiger charge is -2.23. The standard InChI is InChI=1S/C9H20N2O2S/c1-8(2)6-11(14(4,12)13)7-9(3)5-10/h5,8-10H,6-7H2,1-4H3. The molecule has 4 nitrogen and oxygen atoms in total. The molecule has 0 aromatic carbocycles. The van der Waals surface area contributed by atoms with Crippen molar-refractivity contribution >= 4 is 16.2 Å². The molecule has 84 valence electrons. The van der Waals surface area contributed by atoms with Gasteiger partial charge >= 0.3 is 0 Å². The van der Waals surface area contributed by atoms with Crippen LogP contribution >= 0.6 is 0 Å². The van der Waals surface area contributed by atoms with Crippen LogP contribution in [0.25, 0.3) is 0 Å². The van der Waals surface area contributed by atoms with E-state index in [0.29, 0.717) is 19.0 Å². The monoisotopic (exact) mass is 220 g/mol. The van der Waals surface area contributed by atoms with Crippen molar-refractivity contribution in [1.82, 2.24) is 4.31 Å². The van der Waals surface area contributed by atoms with Crippen LogP contribution in [0.4, 0.5) is 0 Å². The summed E-state index contributed by atoms with van der Waals surface area (Å²) in [6.07, 6.45) is 2.49. The van der Waals surface area contributed by atoms with Gasteiger partial charge in [0.25, 0.3) is 0 Å². The van der Waals surface area contributed by atoms with E-state index in [9.17, 15) is 8.42 Å². The zero-order valence-corrected chi connectivity index (χ0v) is 10.1. The smallest absolute Gasteiger partial charge is 0.211 e. The Morgan fingerprint density at radius 2 is 1.79 bits per heavy atom. The Labute approximate surface area is 86.9 Å². The number of sulfonamides is 1. The molecule has 0 aliphatic heterocycles. The van der Waals surface area contributed by atoms with Crippen LogP contribution in [0.2, 0.25) is 0 Å². The zero-order valence-electron chi connectivity index (χ0n) is 9.32. The van der Waals surface area contributed by atoms with E-state index < -0.39 is 10.0 Å². The molecule has 14 heavy (non-hydrogen) atoms. The van der Waals surface area contributed by atoms with Gasteiger partial charge in [0.05, 0.1) is 6.26 Å². The van der Waals surface area contributed by atoms with Gasteiger partial charge < -0.3 is 5.41 Å². The number of hydrogen-bond acceptors (Lipinski definition) is 3. The van der Waals surface area contributed by atoms with E-state index in [2.05, 4.69) is 0 Å². The lowest BCUT2D eigenvalue weighted by molar-refractivity contribution is 0.354. The quantitative estimate of drug-likeness (QED) is 0.683. The molecule has 1 unspecified atom stereocenters. The van der Waals surface area contributed by atoms with Gasteiger partial charge in [0.2, 0.25) is 10.0 Å². The molecule has 1 N–H and O–H groups in total. The highest BCUT2D eigenvalue weighted by Crippen LogP contribution is 2.07. The Bertz CT molecular complexity index is 273. The average Bonchev–Trinajstić information content (AvgIpc) is 2.00. The first-order valence-electron chi connectivity index (χ1n) is 4.73. The number of nitrogens with one attached hydrogen (secondary N) is 1. The highest BCUT2D eigenvalue weighted by Gasteiger charge is 2.19. The van der Waals surface area contributed by atoms with Gasteiger partial charge in [-0.1, -0.05) is 20.8 Å². The number of nitrogens with zero attached hydrogens (tertiary/aromatic N) is 1. The van der Waals surface area contributed by atoms with Gasteiger partial charge in [-0.05, 0) is 12.1 Å². The molecule has 0 fully saturated rings. The summed E-state index contributed by atoms with van der Waals surface area (Å²) in [5, 5.41) is 7.04. The van der Waals surface area contributed by atoms with E-state index in [-0.39, 0.29) is 5.92 Å². The van der Waals surface area contributed by atoms with Crippen molar-refractivity contribution in [2.75, 3.05) is 19.3 Å². The molecule has 0 aliphatic carbocycles. The van der Waals surface area contributed by atoms with Gasteiger partial charge in [0, 0.05) is 19.0 Å². The van der Waals surface area contributed by atoms with E-state index in [0.717, 1.165) is 0 Å². The molecular formula is C9H20N2O2S. The third-order valence-corrected chi connectivity index (χ3v) is 3.05. The maximum Gasteiger partial charge on any atom is 0.211 e. The summed E-state index contributed by atoms with van der Waals surface area (Å²) in [4.78, 5) is 0. The highest BCUT2D eigenvalue weighted by atomic mass is 32.2. The molecule has 5 heteroatoms. The molecule has 0 aromatic rings. The molecule has 0 bridgehead atoms. The SMILES string of the molecule is CC(C)CN(CC(C)C=N)S(C)(=O)=O. The van der Waals surface area contributed by atoms with Gasteiger partial charge in [-0.2, -0.15) is 0 Å². The lowest BCUT2D eigenvalue weighted by atomic mass is 10.2. The van der Waals surface area contributed by atoms with Crippen molar-refractivity contribution in [3.05, 3.63) is 0 Å². The summed E-state index contributed by atoms with van der Waals surface area (Å²) >= 11 is 0. The van der Waals surface area contributed by atoms with E-state index in [1.807, 2.05) is 20.8 Å². The summed E-state index contributed by atoms with van der Waals surface area (Å²) < 4.78 is 24.2. The third kappa shape index (κ3) is 5.34. The van der Waals surface area contributed by atoms with Gasteiger partial charge in [0.1, 0.15) is 0 Å². The second-order valence-electron chi connectivity index (χ2n) is 4.12. The Hall–Kier alpha value is -0.420. The maximum atomic E-state index is 11.4. The van der Waals surface area contributed by atoms with Crippen LogP contribution in [0.1, 0.15) is 20.8 Å². The first-order valence-corrected chi connectivity index (χ1v) is 6.58. The first-order chi connectivity index (χ1) is 6.27. The fourth-order valence-corrected chi connectivity index (χ4v) is 2.20. The van der Waals surface area contributed by atoms with Crippen molar-refractivity contribution < 1.29 is 8.42 Å². The molecule has 0 saturated carbocycles. The Morgan fingerprint density at radius 1 is 1.29 bits per heavy atom. The van der Waals surface area contributed by atoms with Gasteiger partial charge in [-0.3, -0.25) is 0 Å². The van der Waals surface area contributed by atoms with E-state index in [4.69, 9.17) is 5.41 Å². The Balaban J connectivity index is 4.49. The molecular weight excluding hydrogens is 200 g/mol. The molecule has 0 spiro atoms. The summed E-state index contributed by atoms with van der Waals surface area (Å²) in [7, 11) is -3.14. The molecule has 0 rings (SSSR count). The van der Waals surface area contributed by atoms with Crippen LogP contribution < -0.4 is 0 Å². The summed E-state index contributed by atoms with van der Waals surface area (Å²) in [5.74, 6) is 0.283. The fraction of sp³-hybridized carbons (Fsp3) is 0.889. The van der Waals surface area contributed by atoms with Crippen LogP contribution in [0.5, 0.6) is 0 Å². The fourth-order valence-electron chi connectivity index (χ4n) is 1.13. The second-order valence-corrected chi connectivity index (χ2v) is 6.10. The van der Waals surface area contributed by atoms with Crippen LogP contribution in [-0.4, -0.2) is 38.3 Å². The average molecular weight is 220 g/mol. The largest absolute Gasteiger partial charge is 0.313 e. The van der Waals surface area contributed by atoms with Crippen LogP contribution in [0.15, 0.2) is 0 Å². The maximum absolute atomic E-state index is 11.4. The van der Waals surface area contributed by atoms with Crippen LogP contribution in [-0.2, 0) is 10.0 Å². The van der Waals surface area contributed by atoms with Crippen molar-refractivity contribution in [2.24, 2.45) is 11.8 Å². The molecule has 0 aromatic heterocycles. The van der Waals surface area contributed by atoms with Crippen molar-refractivity contribution in [3.8, 4) is 0 Å². The second kappa shape index (κ2) is 5.46. The van der Waals surface area contributed by atoms with Gasteiger partial charge in [-0.15, -0.1) is 0 Å². The van der Waals surface area contributed by atoms with Crippen LogP contribution in [0.3, 0.4) is 0 Å². The topological polar surface area (TPSA) is 61.2 Å². The van der Waals surface area contributed by atoms with E-state index >= 15 is 0 Å². The molecule has 0 saturated heterocycles. The van der Waals surface area contributed by atoms with Crippen molar-refractivity contribution in [3.63, 3.8) is 0 Å². The zero-order chi connectivity index (χ0) is 11.4. The normalized spacial score (nSPS) is 14.7. The highest BCUT2D eigenvalue weighted by molar-refractivity contribution is 7.88. The van der Waals surface area contributed by atoms with Crippen LogP contribution in [0, 0.1) is 17.2 Å². The van der Waals surface area contributed by atoms with Gasteiger partial charge in [0.15, 0.2) is 0 Å². The van der Waals surface area contributed by atoms with Crippen molar-refractivity contribution in [1.29, 1.82) is 5.41 Å². The molecule has 0 aliphatic rings. The lowest BCUT2D eigenvalue weighted by Crippen LogP contribution is -2.36. The number of hydrogen-bond donors (Lipinski definition) is 1. The predicted octanol–water partition coefficient (Wildman–Crippen LogP) is 1.19. The molecule has 0 amide bonds. The van der Waals surface area contributed by atoms with Gasteiger partial charge in [-0.25, -0.2) is 12.7 Å². The molecule has 0 heterocycles. The minimum Gasteiger partial charge on any atom is -0.313 e. The Morgan fingerprint density at radius 3 is 2.07 bits per heavy atom. The summed E-state index contributed by atoms with van der Waals surface area (Å²) in [6.45, 7) is 6.73. The third-order valence-electron chi connectivity index (χ3n) is 1.81. The van der Waals surface area contributed by atoms with E-state index in [1.165, 1.54) is 16.8 Å². The minimum absolute atomic E-state index is 0.0246. The molecule has 1 atom stereocenters. The molecule has 0 radical (unpaired) electrons. The summed E-state index contributed by atoms with van der Waals surface area (Å²) in [6, 6.07) is 0.